The number of aromatic nitrogens is 3. The number of benzene rings is 2. The lowest BCUT2D eigenvalue weighted by Crippen LogP contribution is -2.30. The number of carbonyl (C=O) groups excluding carboxylic acids is 1. The Bertz CT molecular complexity index is 1470. The maximum absolute atomic E-state index is 13.4. The first kappa shape index (κ1) is 23.4. The van der Waals surface area contributed by atoms with Gasteiger partial charge in [-0.2, -0.15) is 0 Å². The van der Waals surface area contributed by atoms with Crippen LogP contribution >= 0.6 is 0 Å². The number of hydrogen-bond acceptors (Lipinski definition) is 5. The van der Waals surface area contributed by atoms with Gasteiger partial charge in [0.05, 0.1) is 12.6 Å². The fraction of sp³-hybridized carbons (Fsp3) is 0.138. The summed E-state index contributed by atoms with van der Waals surface area (Å²) in [6.07, 6.45) is 4.11. The van der Waals surface area contributed by atoms with Gasteiger partial charge < -0.3 is 15.6 Å². The van der Waals surface area contributed by atoms with Gasteiger partial charge in [0, 0.05) is 35.5 Å². The molecule has 5 rings (SSSR count). The van der Waals surface area contributed by atoms with E-state index in [-0.39, 0.29) is 18.1 Å². The van der Waals surface area contributed by atoms with E-state index < -0.39 is 6.04 Å². The molecule has 0 spiro atoms. The molecule has 0 amide bonds. The maximum atomic E-state index is 13.4. The number of fused-ring (bicyclic) bond motifs is 1. The molecule has 0 unspecified atom stereocenters. The van der Waals surface area contributed by atoms with Crippen LogP contribution in [0.3, 0.4) is 0 Å². The van der Waals surface area contributed by atoms with Crippen LogP contribution in [0, 0.1) is 5.82 Å². The Morgan fingerprint density at radius 3 is 2.44 bits per heavy atom. The van der Waals surface area contributed by atoms with Gasteiger partial charge >= 0.3 is 0 Å². The van der Waals surface area contributed by atoms with Crippen LogP contribution in [0.4, 0.5) is 10.2 Å². The van der Waals surface area contributed by atoms with Crippen molar-refractivity contribution in [2.75, 3.05) is 18.9 Å². The molecule has 7 heteroatoms. The monoisotopic (exact) mass is 479 g/mol. The van der Waals surface area contributed by atoms with Crippen LogP contribution in [0.1, 0.15) is 22.9 Å². The zero-order chi connectivity index (χ0) is 24.9. The predicted molar refractivity (Wildman–Crippen MR) is 140 cm³/mol. The fourth-order valence-electron chi connectivity index (χ4n) is 4.45. The number of anilines is 1. The van der Waals surface area contributed by atoms with E-state index in [2.05, 4.69) is 20.6 Å². The molecule has 5 aromatic rings. The molecule has 0 saturated heterocycles. The largest absolute Gasteiger partial charge is 0.363 e. The Morgan fingerprint density at radius 2 is 1.72 bits per heavy atom. The fourth-order valence-corrected chi connectivity index (χ4v) is 4.45. The predicted octanol–water partition coefficient (Wildman–Crippen LogP) is 5.30. The second-order valence-electron chi connectivity index (χ2n) is 8.56. The minimum atomic E-state index is -0.395. The quantitative estimate of drug-likeness (QED) is 0.267. The standard InChI is InChI=1S/C29H26FN5O/c1-31-28(21-5-3-2-4-6-21)25(36)18-33-26-12-11-23-27(20-13-15-32-16-14-20)24(34-29(23)35-26)17-19-7-9-22(30)10-8-19/h2-16,28,31H,17-18H2,1H3,(H2,33,34,35)/t28-/m0/s1. The number of Topliss-reactive ketones (excluding diaryl/α,β-unsaturated/α-hetero) is 1. The van der Waals surface area contributed by atoms with Gasteiger partial charge in [0.15, 0.2) is 5.78 Å². The summed E-state index contributed by atoms with van der Waals surface area (Å²) < 4.78 is 13.4. The molecule has 1 atom stereocenters. The molecular formula is C29H26FN5O. The lowest BCUT2D eigenvalue weighted by Gasteiger charge is -2.16. The molecule has 0 aliphatic carbocycles. The number of ketones is 1. The molecule has 3 heterocycles. The highest BCUT2D eigenvalue weighted by atomic mass is 19.1. The number of nitrogens with zero attached hydrogens (tertiary/aromatic N) is 2. The van der Waals surface area contributed by atoms with E-state index in [1.807, 2.05) is 54.6 Å². The number of pyridine rings is 2. The minimum Gasteiger partial charge on any atom is -0.363 e. The summed E-state index contributed by atoms with van der Waals surface area (Å²) in [5, 5.41) is 7.23. The first-order valence-corrected chi connectivity index (χ1v) is 11.8. The summed E-state index contributed by atoms with van der Waals surface area (Å²) in [5.74, 6) is 0.366. The average molecular weight is 480 g/mol. The number of nitrogens with one attached hydrogen (secondary N) is 3. The van der Waals surface area contributed by atoms with E-state index in [0.717, 1.165) is 33.3 Å². The van der Waals surface area contributed by atoms with Crippen molar-refractivity contribution in [2.24, 2.45) is 0 Å². The van der Waals surface area contributed by atoms with Gasteiger partial charge in [0.2, 0.25) is 0 Å². The van der Waals surface area contributed by atoms with Crippen molar-refractivity contribution >= 4 is 22.6 Å². The maximum Gasteiger partial charge on any atom is 0.173 e. The molecular weight excluding hydrogens is 453 g/mol. The molecule has 0 fully saturated rings. The Balaban J connectivity index is 1.42. The van der Waals surface area contributed by atoms with Gasteiger partial charge in [-0.25, -0.2) is 9.37 Å². The van der Waals surface area contributed by atoms with E-state index in [1.165, 1.54) is 12.1 Å². The molecule has 36 heavy (non-hydrogen) atoms. The molecule has 0 aliphatic rings. The highest BCUT2D eigenvalue weighted by Crippen LogP contribution is 2.33. The second-order valence-corrected chi connectivity index (χ2v) is 8.56. The Labute approximate surface area is 208 Å². The van der Waals surface area contributed by atoms with Crippen molar-refractivity contribution < 1.29 is 9.18 Å². The molecule has 0 aliphatic heterocycles. The summed E-state index contributed by atoms with van der Waals surface area (Å²) in [5.41, 5.74) is 5.65. The normalized spacial score (nSPS) is 11.9. The van der Waals surface area contributed by atoms with Crippen LogP contribution in [0.2, 0.25) is 0 Å². The number of aromatic amines is 1. The summed E-state index contributed by atoms with van der Waals surface area (Å²) in [6, 6.07) is 23.6. The number of likely N-dealkylation sites (N-methyl/N-ethyl adjacent to an activating group) is 1. The Hall–Kier alpha value is -4.36. The topological polar surface area (TPSA) is 82.7 Å². The summed E-state index contributed by atoms with van der Waals surface area (Å²) in [4.78, 5) is 25.2. The number of carbonyl (C=O) groups is 1. The molecule has 3 aromatic heterocycles. The van der Waals surface area contributed by atoms with Crippen molar-refractivity contribution in [2.45, 2.75) is 12.5 Å². The van der Waals surface area contributed by atoms with Gasteiger partial charge in [0.1, 0.15) is 17.3 Å². The Morgan fingerprint density at radius 1 is 0.972 bits per heavy atom. The average Bonchev–Trinajstić information content (AvgIpc) is 3.27. The van der Waals surface area contributed by atoms with Crippen LogP contribution < -0.4 is 10.6 Å². The SMILES string of the molecule is CN[C@H](C(=O)CNc1ccc2c(-c3ccncc3)c(Cc3ccc(F)cc3)[nH]c2n1)c1ccccc1. The first-order valence-electron chi connectivity index (χ1n) is 11.8. The molecule has 6 nitrogen and oxygen atoms in total. The van der Waals surface area contributed by atoms with Gasteiger partial charge in [-0.3, -0.25) is 9.78 Å². The lowest BCUT2D eigenvalue weighted by atomic mass is 10.00. The van der Waals surface area contributed by atoms with E-state index in [0.29, 0.717) is 17.9 Å². The van der Waals surface area contributed by atoms with Crippen LogP contribution in [-0.2, 0) is 11.2 Å². The number of hydrogen-bond donors (Lipinski definition) is 3. The molecule has 0 radical (unpaired) electrons. The van der Waals surface area contributed by atoms with Gasteiger partial charge in [-0.1, -0.05) is 42.5 Å². The highest BCUT2D eigenvalue weighted by molar-refractivity contribution is 5.96. The van der Waals surface area contributed by atoms with E-state index in [9.17, 15) is 9.18 Å². The van der Waals surface area contributed by atoms with Gasteiger partial charge in [0.25, 0.3) is 0 Å². The van der Waals surface area contributed by atoms with Crippen molar-refractivity contribution in [1.29, 1.82) is 0 Å². The number of H-pyrrole nitrogens is 1. The van der Waals surface area contributed by atoms with Crippen LogP contribution in [0.5, 0.6) is 0 Å². The summed E-state index contributed by atoms with van der Waals surface area (Å²) in [6.45, 7) is 0.138. The second kappa shape index (κ2) is 10.5. The van der Waals surface area contributed by atoms with Crippen LogP contribution in [0.25, 0.3) is 22.2 Å². The number of halogens is 1. The van der Waals surface area contributed by atoms with Crippen molar-refractivity contribution in [3.8, 4) is 11.1 Å². The van der Waals surface area contributed by atoms with Crippen LogP contribution in [-0.4, -0.2) is 34.3 Å². The smallest absolute Gasteiger partial charge is 0.173 e. The Kier molecular flexibility index (Phi) is 6.82. The third-order valence-corrected chi connectivity index (χ3v) is 6.19. The van der Waals surface area contributed by atoms with Crippen molar-refractivity contribution in [3.63, 3.8) is 0 Å². The summed E-state index contributed by atoms with van der Waals surface area (Å²) in [7, 11) is 1.78. The molecule has 0 saturated carbocycles. The van der Waals surface area contributed by atoms with E-state index in [1.54, 1.807) is 31.6 Å². The summed E-state index contributed by atoms with van der Waals surface area (Å²) >= 11 is 0. The zero-order valence-corrected chi connectivity index (χ0v) is 19.8. The van der Waals surface area contributed by atoms with Gasteiger partial charge in [-0.15, -0.1) is 0 Å². The van der Waals surface area contributed by atoms with Crippen molar-refractivity contribution in [3.05, 3.63) is 114 Å². The third-order valence-electron chi connectivity index (χ3n) is 6.19. The lowest BCUT2D eigenvalue weighted by molar-refractivity contribution is -0.119. The van der Waals surface area contributed by atoms with E-state index in [4.69, 9.17) is 4.98 Å². The van der Waals surface area contributed by atoms with Crippen LogP contribution in [0.15, 0.2) is 91.3 Å². The number of rotatable bonds is 9. The zero-order valence-electron chi connectivity index (χ0n) is 19.8. The molecule has 2 aromatic carbocycles. The highest BCUT2D eigenvalue weighted by Gasteiger charge is 2.19. The third kappa shape index (κ3) is 5.01. The minimum absolute atomic E-state index is 0.0200. The first-order chi connectivity index (χ1) is 17.6. The van der Waals surface area contributed by atoms with Gasteiger partial charge in [-0.05, 0) is 60.1 Å². The molecule has 3 N–H and O–H groups in total. The molecule has 0 bridgehead atoms. The van der Waals surface area contributed by atoms with Crippen molar-refractivity contribution in [1.82, 2.24) is 20.3 Å². The molecule has 180 valence electrons. The van der Waals surface area contributed by atoms with E-state index >= 15 is 0 Å².